The molecule has 0 N–H and O–H groups in total. The minimum Gasteiger partial charge on any atom is -0.351 e. The standard InChI is InChI=1S/C19H20N6OS/c1-12-20-21-17-6-7-18(22-25(12)17)23-10-14-9-15(11-23)24(14)19(26)13-4-3-5-16(8-13)27-2/h3-8,14-15H,9-11H2,1-2H3. The fraction of sp³-hybridized carbons (Fsp3) is 0.368. The molecule has 0 aliphatic carbocycles. The van der Waals surface area contributed by atoms with E-state index in [0.29, 0.717) is 0 Å². The van der Waals surface area contributed by atoms with Crippen molar-refractivity contribution in [3.8, 4) is 0 Å². The van der Waals surface area contributed by atoms with Crippen LogP contribution in [0.25, 0.3) is 5.65 Å². The van der Waals surface area contributed by atoms with Crippen molar-refractivity contribution in [1.29, 1.82) is 0 Å². The summed E-state index contributed by atoms with van der Waals surface area (Å²) in [6.45, 7) is 3.52. The molecule has 3 aliphatic rings. The average Bonchev–Trinajstić information content (AvgIpc) is 3.08. The summed E-state index contributed by atoms with van der Waals surface area (Å²) in [4.78, 5) is 18.4. The maximum Gasteiger partial charge on any atom is 0.254 e. The van der Waals surface area contributed by atoms with Crippen LogP contribution in [0.4, 0.5) is 5.82 Å². The normalized spacial score (nSPS) is 21.4. The van der Waals surface area contributed by atoms with Gasteiger partial charge in [-0.3, -0.25) is 4.79 Å². The second-order valence-electron chi connectivity index (χ2n) is 7.10. The van der Waals surface area contributed by atoms with E-state index in [2.05, 4.69) is 25.1 Å². The Bertz CT molecular complexity index is 1020. The smallest absolute Gasteiger partial charge is 0.254 e. The number of rotatable bonds is 3. The van der Waals surface area contributed by atoms with Crippen molar-refractivity contribution in [2.75, 3.05) is 24.2 Å². The van der Waals surface area contributed by atoms with Crippen LogP contribution in [0.15, 0.2) is 41.3 Å². The van der Waals surface area contributed by atoms with E-state index in [4.69, 9.17) is 0 Å². The van der Waals surface area contributed by atoms with Crippen molar-refractivity contribution in [3.05, 3.63) is 47.8 Å². The molecule has 2 aromatic heterocycles. The molecule has 2 unspecified atom stereocenters. The fourth-order valence-corrected chi connectivity index (χ4v) is 4.55. The Balaban J connectivity index is 1.35. The summed E-state index contributed by atoms with van der Waals surface area (Å²) in [5, 5.41) is 12.8. The van der Waals surface area contributed by atoms with E-state index in [1.54, 1.807) is 16.3 Å². The van der Waals surface area contributed by atoms with Gasteiger partial charge in [0.1, 0.15) is 5.82 Å². The van der Waals surface area contributed by atoms with Crippen LogP contribution in [-0.2, 0) is 0 Å². The molecule has 6 rings (SSSR count). The lowest BCUT2D eigenvalue weighted by atomic mass is 9.86. The monoisotopic (exact) mass is 380 g/mol. The second-order valence-corrected chi connectivity index (χ2v) is 7.98. The topological polar surface area (TPSA) is 66.6 Å². The summed E-state index contributed by atoms with van der Waals surface area (Å²) in [7, 11) is 0. The number of carbonyl (C=O) groups is 1. The number of anilines is 1. The Morgan fingerprint density at radius 2 is 1.96 bits per heavy atom. The first kappa shape index (κ1) is 16.6. The van der Waals surface area contributed by atoms with Crippen LogP contribution >= 0.6 is 11.8 Å². The highest BCUT2D eigenvalue weighted by molar-refractivity contribution is 7.98. The van der Waals surface area contributed by atoms with Gasteiger partial charge >= 0.3 is 0 Å². The zero-order valence-electron chi connectivity index (χ0n) is 15.2. The molecule has 27 heavy (non-hydrogen) atoms. The lowest BCUT2D eigenvalue weighted by Crippen LogP contribution is -2.70. The number of thioether (sulfide) groups is 1. The molecule has 0 spiro atoms. The Labute approximate surface area is 161 Å². The average molecular weight is 380 g/mol. The van der Waals surface area contributed by atoms with E-state index in [-0.39, 0.29) is 18.0 Å². The first-order chi connectivity index (χ1) is 13.1. The van der Waals surface area contributed by atoms with Crippen molar-refractivity contribution >= 4 is 29.1 Å². The number of aryl methyl sites for hydroxylation is 1. The number of benzene rings is 1. The van der Waals surface area contributed by atoms with E-state index in [1.807, 2.05) is 49.6 Å². The van der Waals surface area contributed by atoms with Gasteiger partial charge in [0.05, 0.1) is 12.1 Å². The largest absolute Gasteiger partial charge is 0.351 e. The first-order valence-corrected chi connectivity index (χ1v) is 10.3. The molecule has 3 saturated heterocycles. The molecule has 0 radical (unpaired) electrons. The summed E-state index contributed by atoms with van der Waals surface area (Å²) in [5.74, 6) is 1.83. The molecule has 8 heteroatoms. The summed E-state index contributed by atoms with van der Waals surface area (Å²) < 4.78 is 1.77. The summed E-state index contributed by atoms with van der Waals surface area (Å²) in [6.07, 6.45) is 3.10. The first-order valence-electron chi connectivity index (χ1n) is 9.05. The number of hydrogen-bond donors (Lipinski definition) is 0. The number of aromatic nitrogens is 4. The molecule has 138 valence electrons. The number of nitrogens with zero attached hydrogens (tertiary/aromatic N) is 6. The minimum atomic E-state index is 0.143. The molecule has 7 nitrogen and oxygen atoms in total. The Morgan fingerprint density at radius 3 is 2.74 bits per heavy atom. The molecule has 5 heterocycles. The highest BCUT2D eigenvalue weighted by Crippen LogP contribution is 2.35. The van der Waals surface area contributed by atoms with E-state index >= 15 is 0 Å². The molecule has 1 amide bonds. The van der Waals surface area contributed by atoms with Crippen LogP contribution in [-0.4, -0.2) is 62.0 Å². The SMILES string of the molecule is CSc1cccc(C(=O)N2C3CC2CN(c2ccc4nnc(C)n4n2)C3)c1. The molecular weight excluding hydrogens is 360 g/mol. The number of piperidine rings is 1. The quantitative estimate of drug-likeness (QED) is 0.650. The van der Waals surface area contributed by atoms with Gasteiger partial charge in [0.2, 0.25) is 0 Å². The number of hydrogen-bond acceptors (Lipinski definition) is 6. The van der Waals surface area contributed by atoms with Gasteiger partial charge in [-0.05, 0) is 49.9 Å². The van der Waals surface area contributed by atoms with Crippen molar-refractivity contribution in [2.45, 2.75) is 30.3 Å². The van der Waals surface area contributed by atoms with E-state index < -0.39 is 0 Å². The molecule has 1 aromatic carbocycles. The Kier molecular flexibility index (Phi) is 3.82. The van der Waals surface area contributed by atoms with Gasteiger partial charge in [0.25, 0.3) is 5.91 Å². The summed E-state index contributed by atoms with van der Waals surface area (Å²) in [6, 6.07) is 12.3. The third kappa shape index (κ3) is 2.66. The zero-order chi connectivity index (χ0) is 18.5. The lowest BCUT2D eigenvalue weighted by Gasteiger charge is -2.56. The van der Waals surface area contributed by atoms with Gasteiger partial charge < -0.3 is 9.80 Å². The van der Waals surface area contributed by atoms with Crippen LogP contribution in [0.2, 0.25) is 0 Å². The fourth-order valence-electron chi connectivity index (χ4n) is 4.09. The Morgan fingerprint density at radius 1 is 1.15 bits per heavy atom. The van der Waals surface area contributed by atoms with Crippen molar-refractivity contribution in [2.24, 2.45) is 0 Å². The summed E-state index contributed by atoms with van der Waals surface area (Å²) >= 11 is 1.66. The maximum atomic E-state index is 13.0. The van der Waals surface area contributed by atoms with Crippen LogP contribution in [0.1, 0.15) is 22.6 Å². The number of piperazine rings is 1. The number of fused-ring (bicyclic) bond motifs is 3. The predicted molar refractivity (Wildman–Crippen MR) is 104 cm³/mol. The van der Waals surface area contributed by atoms with Crippen LogP contribution in [0.5, 0.6) is 0 Å². The highest BCUT2D eigenvalue weighted by Gasteiger charge is 2.47. The third-order valence-electron chi connectivity index (χ3n) is 5.47. The second kappa shape index (κ2) is 6.23. The van der Waals surface area contributed by atoms with E-state index in [9.17, 15) is 4.79 Å². The third-order valence-corrected chi connectivity index (χ3v) is 6.20. The molecule has 0 saturated carbocycles. The highest BCUT2D eigenvalue weighted by atomic mass is 32.2. The zero-order valence-corrected chi connectivity index (χ0v) is 16.1. The molecule has 2 atom stereocenters. The lowest BCUT2D eigenvalue weighted by molar-refractivity contribution is 0.00570. The van der Waals surface area contributed by atoms with Crippen LogP contribution in [0.3, 0.4) is 0 Å². The predicted octanol–water partition coefficient (Wildman–Crippen LogP) is 2.26. The van der Waals surface area contributed by atoms with Crippen molar-refractivity contribution in [3.63, 3.8) is 0 Å². The van der Waals surface area contributed by atoms with Gasteiger partial charge in [-0.1, -0.05) is 6.07 Å². The van der Waals surface area contributed by atoms with E-state index in [1.165, 1.54) is 0 Å². The minimum absolute atomic E-state index is 0.143. The summed E-state index contributed by atoms with van der Waals surface area (Å²) in [5.41, 5.74) is 1.54. The maximum absolute atomic E-state index is 13.0. The molecule has 3 aliphatic heterocycles. The number of amides is 1. The van der Waals surface area contributed by atoms with Crippen molar-refractivity contribution < 1.29 is 4.79 Å². The van der Waals surface area contributed by atoms with Gasteiger partial charge in [-0.25, -0.2) is 0 Å². The van der Waals surface area contributed by atoms with Gasteiger partial charge in [0, 0.05) is 23.5 Å². The molecule has 2 bridgehead atoms. The number of carbonyl (C=O) groups excluding carboxylic acids is 1. The van der Waals surface area contributed by atoms with Gasteiger partial charge in [0.15, 0.2) is 11.5 Å². The van der Waals surface area contributed by atoms with E-state index in [0.717, 1.165) is 47.3 Å². The van der Waals surface area contributed by atoms with Crippen LogP contribution < -0.4 is 4.90 Å². The van der Waals surface area contributed by atoms with Crippen LogP contribution in [0, 0.1) is 6.92 Å². The molecular formula is C19H20N6OS. The molecule has 3 aromatic rings. The Hall–Kier alpha value is -2.61. The van der Waals surface area contributed by atoms with Gasteiger partial charge in [-0.15, -0.1) is 27.1 Å². The van der Waals surface area contributed by atoms with Crippen molar-refractivity contribution in [1.82, 2.24) is 24.7 Å². The van der Waals surface area contributed by atoms with Gasteiger partial charge in [-0.2, -0.15) is 4.52 Å². The molecule has 3 fully saturated rings.